The molecule has 7 heteroatoms. The van der Waals surface area contributed by atoms with Crippen molar-refractivity contribution in [2.45, 2.75) is 56.9 Å². The maximum absolute atomic E-state index is 13.2. The average molecular weight is 391 g/mol. The first-order valence-corrected chi connectivity index (χ1v) is 10.8. The van der Waals surface area contributed by atoms with Gasteiger partial charge in [0.2, 0.25) is 11.8 Å². The van der Waals surface area contributed by atoms with Crippen molar-refractivity contribution in [3.63, 3.8) is 0 Å². The smallest absolute Gasteiger partial charge is 0.224 e. The maximum atomic E-state index is 13.2. The number of hydrogen-bond acceptors (Lipinski definition) is 5. The van der Waals surface area contributed by atoms with Crippen LogP contribution in [0.4, 0.5) is 0 Å². The summed E-state index contributed by atoms with van der Waals surface area (Å²) in [5.74, 6) is 0.0682. The van der Waals surface area contributed by atoms with E-state index < -0.39 is 5.54 Å². The lowest BCUT2D eigenvalue weighted by molar-refractivity contribution is -0.140. The molecule has 0 aromatic heterocycles. The predicted octanol–water partition coefficient (Wildman–Crippen LogP) is 1.54. The maximum Gasteiger partial charge on any atom is 0.224 e. The van der Waals surface area contributed by atoms with Crippen LogP contribution >= 0.6 is 0 Å². The predicted molar refractivity (Wildman–Crippen MR) is 105 cm³/mol. The molecule has 0 aromatic rings. The molecule has 3 aliphatic rings. The SMILES string of the molecule is CN1CCC(C#N)(NC(=O)C(CC(=O)N2CCOCC2)CC2CCCCC2)C1. The van der Waals surface area contributed by atoms with Crippen molar-refractivity contribution in [1.82, 2.24) is 15.1 Å². The molecule has 1 aliphatic carbocycles. The summed E-state index contributed by atoms with van der Waals surface area (Å²) < 4.78 is 5.34. The van der Waals surface area contributed by atoms with Gasteiger partial charge in [-0.25, -0.2) is 0 Å². The Morgan fingerprint density at radius 1 is 1.21 bits per heavy atom. The number of nitriles is 1. The van der Waals surface area contributed by atoms with E-state index in [9.17, 15) is 14.9 Å². The molecule has 2 heterocycles. The fourth-order valence-electron chi connectivity index (χ4n) is 4.82. The Bertz CT molecular complexity index is 593. The molecule has 28 heavy (non-hydrogen) atoms. The summed E-state index contributed by atoms with van der Waals surface area (Å²) in [5, 5.41) is 12.7. The molecule has 2 aliphatic heterocycles. The van der Waals surface area contributed by atoms with Crippen molar-refractivity contribution in [2.75, 3.05) is 46.4 Å². The van der Waals surface area contributed by atoms with Gasteiger partial charge in [0.05, 0.1) is 19.3 Å². The third-order valence-corrected chi connectivity index (χ3v) is 6.53. The molecule has 7 nitrogen and oxygen atoms in total. The second kappa shape index (κ2) is 9.71. The molecule has 156 valence electrons. The summed E-state index contributed by atoms with van der Waals surface area (Å²) in [4.78, 5) is 29.9. The lowest BCUT2D eigenvalue weighted by Gasteiger charge is -2.31. The lowest BCUT2D eigenvalue weighted by Crippen LogP contribution is -2.52. The Hall–Kier alpha value is -1.65. The van der Waals surface area contributed by atoms with Gasteiger partial charge in [-0.05, 0) is 25.8 Å². The molecular formula is C21H34N4O3. The Kier molecular flexibility index (Phi) is 7.30. The largest absolute Gasteiger partial charge is 0.378 e. The molecule has 1 saturated carbocycles. The fourth-order valence-corrected chi connectivity index (χ4v) is 4.82. The summed E-state index contributed by atoms with van der Waals surface area (Å²) in [6.07, 6.45) is 7.60. The van der Waals surface area contributed by atoms with Crippen LogP contribution in [-0.4, -0.2) is 73.6 Å². The summed E-state index contributed by atoms with van der Waals surface area (Å²) in [5.41, 5.74) is -0.821. The molecule has 0 spiro atoms. The van der Waals surface area contributed by atoms with Crippen LogP contribution in [0, 0.1) is 23.2 Å². The Balaban J connectivity index is 1.66. The molecule has 3 rings (SSSR count). The number of ether oxygens (including phenoxy) is 1. The molecular weight excluding hydrogens is 356 g/mol. The molecule has 2 saturated heterocycles. The van der Waals surface area contributed by atoms with Crippen LogP contribution in [0.3, 0.4) is 0 Å². The van der Waals surface area contributed by atoms with E-state index in [1.165, 1.54) is 19.3 Å². The molecule has 2 amide bonds. The molecule has 2 atom stereocenters. The highest BCUT2D eigenvalue weighted by molar-refractivity contribution is 5.86. The van der Waals surface area contributed by atoms with Gasteiger partial charge in [-0.15, -0.1) is 0 Å². The number of likely N-dealkylation sites (tertiary alicyclic amines) is 1. The number of nitrogens with zero attached hydrogens (tertiary/aromatic N) is 3. The number of amides is 2. The van der Waals surface area contributed by atoms with Crippen LogP contribution in [0.25, 0.3) is 0 Å². The number of carbonyl (C=O) groups is 2. The van der Waals surface area contributed by atoms with Crippen LogP contribution in [0.1, 0.15) is 51.4 Å². The Labute approximate surface area is 168 Å². The molecule has 1 N–H and O–H groups in total. The minimum atomic E-state index is -0.821. The molecule has 0 radical (unpaired) electrons. The Morgan fingerprint density at radius 3 is 2.54 bits per heavy atom. The van der Waals surface area contributed by atoms with Crippen LogP contribution in [0.15, 0.2) is 0 Å². The first-order chi connectivity index (χ1) is 13.5. The number of carbonyl (C=O) groups excluding carboxylic acids is 2. The third-order valence-electron chi connectivity index (χ3n) is 6.53. The van der Waals surface area contributed by atoms with Crippen LogP contribution < -0.4 is 5.32 Å². The van der Waals surface area contributed by atoms with Gasteiger partial charge in [0.15, 0.2) is 0 Å². The third kappa shape index (κ3) is 5.45. The number of nitrogens with one attached hydrogen (secondary N) is 1. The van der Waals surface area contributed by atoms with E-state index in [1.54, 1.807) is 0 Å². The quantitative estimate of drug-likeness (QED) is 0.743. The molecule has 0 bridgehead atoms. The average Bonchev–Trinajstić information content (AvgIpc) is 3.09. The monoisotopic (exact) mass is 390 g/mol. The summed E-state index contributed by atoms with van der Waals surface area (Å²) in [7, 11) is 1.96. The van der Waals surface area contributed by atoms with Crippen molar-refractivity contribution in [2.24, 2.45) is 11.8 Å². The zero-order chi connectivity index (χ0) is 20.0. The van der Waals surface area contributed by atoms with Gasteiger partial charge in [-0.1, -0.05) is 32.1 Å². The van der Waals surface area contributed by atoms with Crippen molar-refractivity contribution in [3.05, 3.63) is 0 Å². The number of likely N-dealkylation sites (N-methyl/N-ethyl adjacent to an activating group) is 1. The van der Waals surface area contributed by atoms with Crippen LogP contribution in [0.2, 0.25) is 0 Å². The first kappa shape index (κ1) is 21.1. The normalized spacial score (nSPS) is 27.9. The van der Waals surface area contributed by atoms with Gasteiger partial charge in [-0.2, -0.15) is 5.26 Å². The Morgan fingerprint density at radius 2 is 1.93 bits per heavy atom. The zero-order valence-corrected chi connectivity index (χ0v) is 17.1. The first-order valence-electron chi connectivity index (χ1n) is 10.8. The van der Waals surface area contributed by atoms with Gasteiger partial charge in [0, 0.05) is 38.5 Å². The van der Waals surface area contributed by atoms with Crippen molar-refractivity contribution in [1.29, 1.82) is 5.26 Å². The summed E-state index contributed by atoms with van der Waals surface area (Å²) >= 11 is 0. The molecule has 3 fully saturated rings. The van der Waals surface area contributed by atoms with Gasteiger partial charge in [-0.3, -0.25) is 9.59 Å². The van der Waals surface area contributed by atoms with Gasteiger partial charge >= 0.3 is 0 Å². The van der Waals surface area contributed by atoms with E-state index in [1.807, 2.05) is 11.9 Å². The van der Waals surface area contributed by atoms with Crippen molar-refractivity contribution < 1.29 is 14.3 Å². The highest BCUT2D eigenvalue weighted by atomic mass is 16.5. The zero-order valence-electron chi connectivity index (χ0n) is 17.1. The number of rotatable bonds is 6. The number of morpholine rings is 1. The van der Waals surface area contributed by atoms with Crippen molar-refractivity contribution >= 4 is 11.8 Å². The van der Waals surface area contributed by atoms with E-state index >= 15 is 0 Å². The summed E-state index contributed by atoms with van der Waals surface area (Å²) in [6, 6.07) is 2.33. The second-order valence-corrected chi connectivity index (χ2v) is 8.80. The summed E-state index contributed by atoms with van der Waals surface area (Å²) in [6.45, 7) is 3.67. The highest BCUT2D eigenvalue weighted by Gasteiger charge is 2.40. The van der Waals surface area contributed by atoms with E-state index in [0.29, 0.717) is 45.2 Å². The van der Waals surface area contributed by atoms with E-state index in [0.717, 1.165) is 25.8 Å². The van der Waals surface area contributed by atoms with E-state index in [2.05, 4.69) is 16.3 Å². The lowest BCUT2D eigenvalue weighted by atomic mass is 9.81. The highest BCUT2D eigenvalue weighted by Crippen LogP contribution is 2.31. The topological polar surface area (TPSA) is 85.7 Å². The van der Waals surface area contributed by atoms with E-state index in [4.69, 9.17) is 4.74 Å². The van der Waals surface area contributed by atoms with Gasteiger partial charge < -0.3 is 19.9 Å². The van der Waals surface area contributed by atoms with Gasteiger partial charge in [0.25, 0.3) is 0 Å². The van der Waals surface area contributed by atoms with E-state index in [-0.39, 0.29) is 24.2 Å². The second-order valence-electron chi connectivity index (χ2n) is 8.80. The van der Waals surface area contributed by atoms with Gasteiger partial charge in [0.1, 0.15) is 5.54 Å². The van der Waals surface area contributed by atoms with Crippen LogP contribution in [-0.2, 0) is 14.3 Å². The number of hydrogen-bond donors (Lipinski definition) is 1. The fraction of sp³-hybridized carbons (Fsp3) is 0.857. The minimum absolute atomic E-state index is 0.0359. The van der Waals surface area contributed by atoms with Crippen LogP contribution in [0.5, 0.6) is 0 Å². The molecule has 0 aromatic carbocycles. The van der Waals surface area contributed by atoms with Crippen molar-refractivity contribution in [3.8, 4) is 6.07 Å². The molecule has 2 unspecified atom stereocenters. The standard InChI is InChI=1S/C21H34N4O3/c1-24-8-7-21(15-22,16-24)23-20(27)18(13-17-5-3-2-4-6-17)14-19(26)25-9-11-28-12-10-25/h17-18H,2-14,16H2,1H3,(H,23,27). The minimum Gasteiger partial charge on any atom is -0.378 e.